The summed E-state index contributed by atoms with van der Waals surface area (Å²) in [7, 11) is 4.17. The summed E-state index contributed by atoms with van der Waals surface area (Å²) in [6.45, 7) is 20.5. The molecular weight excluding hydrogens is 1460 g/mol. The van der Waals surface area contributed by atoms with E-state index in [1.807, 2.05) is 146 Å². The van der Waals surface area contributed by atoms with Crippen LogP contribution in [0.5, 0.6) is 17.2 Å². The summed E-state index contributed by atoms with van der Waals surface area (Å²) in [5.41, 5.74) is 7.56. The van der Waals surface area contributed by atoms with Crippen molar-refractivity contribution in [1.82, 2.24) is 0 Å². The first-order chi connectivity index (χ1) is 50.6. The Bertz CT molecular complexity index is 3820. The van der Waals surface area contributed by atoms with Crippen LogP contribution < -0.4 is 14.2 Å². The standard InChI is InChI=1S/C28H35ClO7.C27H33ClO6.C22H27ClO7.C4H6O2.2CH4/c1-7-25-17(3)26(34-18(4)30)27(35-19(5)31)28(32-6,36-25)22-11-14-24(29)21(16-22)15-20-9-12-23(13-10-20)33-8-2;1-6-24-16(3)25(32-17(4)29)27(33-18(5)30)26(34-24)20-10-13-23(28)21(15-20)14-19-8-11-22(12-9-19)31-7-2;1-4-29-16-8-5-13(6-9-16)11-14-12-15(7-10-17(14)23)22(28-3)20(26)18(24)19(25)21(27-2)30-22;5-3-1-2-4-6;;/h9-14,16-17,25-27H,7-8,15H2,1-6H3;8-13,15-16,24-27H,6-7,14H2,1-5H3;5-10,12,18-21,24-26H,4,11H2,1-3H3;5-6H,3-4H2;2*1H4/t17-,25-,26+,27-,28+;16-,24-,25+,26+,27-;18-,19-,20+,21-,22-;;;/m110.../s1. The van der Waals surface area contributed by atoms with Gasteiger partial charge in [-0.2, -0.15) is 0 Å². The second-order valence-electron chi connectivity index (χ2n) is 25.3. The molecule has 6 aromatic carbocycles. The lowest BCUT2D eigenvalue weighted by Gasteiger charge is -2.50. The Morgan fingerprint density at radius 3 is 1.23 bits per heavy atom. The summed E-state index contributed by atoms with van der Waals surface area (Å²) in [5.74, 6) is 1.42. The molecule has 0 radical (unpaired) electrons. The Morgan fingerprint density at radius 1 is 0.472 bits per heavy atom. The van der Waals surface area contributed by atoms with Crippen LogP contribution in [0.25, 0.3) is 0 Å². The Kier molecular flexibility index (Phi) is 38.8. The van der Waals surface area contributed by atoms with Crippen molar-refractivity contribution in [2.24, 2.45) is 11.8 Å². The molecule has 0 amide bonds. The van der Waals surface area contributed by atoms with Gasteiger partial charge in [-0.15, -0.1) is 0 Å². The number of halogens is 3. The molecule has 3 heterocycles. The predicted molar refractivity (Wildman–Crippen MR) is 412 cm³/mol. The SMILES string of the molecule is C.C.CCOc1ccc(Cc2cc([C@@H]3O[C@H](CC)[C@@H](C)[C@H](OC(C)=O)[C@H]3OC(C)=O)ccc2Cl)cc1.CCOc1ccc(Cc2cc([C@]3(OC)O[C@H](CC)[C@@H](C)[C@H](OC(C)=O)[C@H]3OC(C)=O)ccc2Cl)cc1.CCOc1ccc(Cc2cc([C@]3(OC)O[C@H](OC)[C@@H](O)[C@H](O)[C@H]3O)ccc2Cl)cc1.OCC#CCO. The van der Waals surface area contributed by atoms with Crippen molar-refractivity contribution in [3.8, 4) is 29.1 Å². The molecule has 0 aromatic heterocycles. The minimum Gasteiger partial charge on any atom is -0.494 e. The highest BCUT2D eigenvalue weighted by atomic mass is 35.5. The van der Waals surface area contributed by atoms with Gasteiger partial charge in [0.1, 0.15) is 67.1 Å². The molecule has 0 unspecified atom stereocenters. The summed E-state index contributed by atoms with van der Waals surface area (Å²) in [6.07, 6.45) is -6.88. The number of hydrogen-bond acceptors (Lipinski definition) is 22. The van der Waals surface area contributed by atoms with Gasteiger partial charge in [0.2, 0.25) is 11.6 Å². The lowest BCUT2D eigenvalue weighted by atomic mass is 9.81. The second kappa shape index (κ2) is 45.0. The number of carbonyl (C=O) groups excluding carboxylic acids is 4. The molecule has 3 saturated heterocycles. The van der Waals surface area contributed by atoms with Gasteiger partial charge in [0.05, 0.1) is 32.0 Å². The highest BCUT2D eigenvalue weighted by Gasteiger charge is 2.59. The molecule has 25 heteroatoms. The van der Waals surface area contributed by atoms with Crippen molar-refractivity contribution in [2.45, 2.75) is 202 Å². The number of carbonyl (C=O) groups is 4. The van der Waals surface area contributed by atoms with Gasteiger partial charge in [-0.25, -0.2) is 0 Å². The van der Waals surface area contributed by atoms with Gasteiger partial charge >= 0.3 is 23.9 Å². The summed E-state index contributed by atoms with van der Waals surface area (Å²) in [4.78, 5) is 48.0. The monoisotopic (exact) mass is 1560 g/mol. The molecule has 108 heavy (non-hydrogen) atoms. The summed E-state index contributed by atoms with van der Waals surface area (Å²) < 4.78 is 74.7. The van der Waals surface area contributed by atoms with Crippen LogP contribution in [0.15, 0.2) is 127 Å². The second-order valence-corrected chi connectivity index (χ2v) is 26.5. The Labute approximate surface area is 651 Å². The van der Waals surface area contributed by atoms with E-state index in [0.717, 1.165) is 62.6 Å². The van der Waals surface area contributed by atoms with E-state index in [1.54, 1.807) is 30.3 Å². The van der Waals surface area contributed by atoms with Crippen LogP contribution in [0.4, 0.5) is 0 Å². The zero-order valence-corrected chi connectivity index (χ0v) is 64.8. The predicted octanol–water partition coefficient (Wildman–Crippen LogP) is 13.6. The molecule has 0 bridgehead atoms. The van der Waals surface area contributed by atoms with E-state index in [1.165, 1.54) is 49.0 Å². The maximum atomic E-state index is 12.2. The summed E-state index contributed by atoms with van der Waals surface area (Å²) in [5, 5.41) is 48.7. The molecule has 22 nitrogen and oxygen atoms in total. The third kappa shape index (κ3) is 24.5. The van der Waals surface area contributed by atoms with Crippen LogP contribution in [0.2, 0.25) is 15.1 Å². The van der Waals surface area contributed by atoms with Crippen LogP contribution >= 0.6 is 34.8 Å². The molecule has 15 atom stereocenters. The van der Waals surface area contributed by atoms with Crippen LogP contribution in [0.3, 0.4) is 0 Å². The average molecular weight is 1570 g/mol. The van der Waals surface area contributed by atoms with Crippen molar-refractivity contribution in [3.63, 3.8) is 0 Å². The van der Waals surface area contributed by atoms with Crippen molar-refractivity contribution >= 4 is 58.7 Å². The molecule has 0 saturated carbocycles. The van der Waals surface area contributed by atoms with Crippen LogP contribution in [0, 0.1) is 23.7 Å². The fraction of sp³-hybridized carbons (Fsp3) is 0.494. The molecule has 0 aliphatic carbocycles. The van der Waals surface area contributed by atoms with Crippen molar-refractivity contribution in [1.29, 1.82) is 0 Å². The lowest BCUT2D eigenvalue weighted by molar-refractivity contribution is -0.401. The maximum absolute atomic E-state index is 12.2. The first-order valence-electron chi connectivity index (χ1n) is 35.2. The number of ether oxygens (including phenoxy) is 13. The van der Waals surface area contributed by atoms with E-state index in [2.05, 4.69) is 11.8 Å². The average Bonchev–Trinajstić information content (AvgIpc) is 0.750. The topological polar surface area (TPSA) is 289 Å². The molecular formula is C83H109Cl3O22. The normalized spacial score (nSPS) is 24.7. The molecule has 3 aliphatic rings. The highest BCUT2D eigenvalue weighted by molar-refractivity contribution is 6.32. The number of rotatable bonds is 24. The van der Waals surface area contributed by atoms with Crippen molar-refractivity contribution in [3.05, 3.63) is 193 Å². The molecule has 5 N–H and O–H groups in total. The maximum Gasteiger partial charge on any atom is 0.303 e. The molecule has 594 valence electrons. The van der Waals surface area contributed by atoms with Crippen molar-refractivity contribution < 1.29 is 106 Å². The van der Waals surface area contributed by atoms with E-state index in [9.17, 15) is 34.5 Å². The Hall–Kier alpha value is -7.41. The van der Waals surface area contributed by atoms with E-state index < -0.39 is 90.6 Å². The third-order valence-electron chi connectivity index (χ3n) is 18.1. The molecule has 9 rings (SSSR count). The minimum absolute atomic E-state index is 0. The lowest BCUT2D eigenvalue weighted by Crippen LogP contribution is -2.63. The summed E-state index contributed by atoms with van der Waals surface area (Å²) >= 11 is 19.6. The zero-order chi connectivity index (χ0) is 78.0. The Morgan fingerprint density at radius 2 is 0.852 bits per heavy atom. The van der Waals surface area contributed by atoms with E-state index >= 15 is 0 Å². The zero-order valence-electron chi connectivity index (χ0n) is 62.5. The number of hydrogen-bond donors (Lipinski definition) is 5. The quantitative estimate of drug-likeness (QED) is 0.0214. The van der Waals surface area contributed by atoms with Gasteiger partial charge in [-0.3, -0.25) is 19.2 Å². The number of benzene rings is 6. The largest absolute Gasteiger partial charge is 0.494 e. The minimum atomic E-state index is -1.74. The molecule has 3 fully saturated rings. The number of esters is 4. The smallest absolute Gasteiger partial charge is 0.303 e. The molecule has 6 aromatic rings. The van der Waals surface area contributed by atoms with Crippen LogP contribution in [-0.2, 0) is 97.4 Å². The van der Waals surface area contributed by atoms with Gasteiger partial charge in [0, 0.05) is 87.1 Å². The Balaban J connectivity index is 0.000000327. The summed E-state index contributed by atoms with van der Waals surface area (Å²) in [6, 6.07) is 39.6. The van der Waals surface area contributed by atoms with E-state index in [4.69, 9.17) is 107 Å². The van der Waals surface area contributed by atoms with Gasteiger partial charge in [0.25, 0.3) is 0 Å². The fourth-order valence-electron chi connectivity index (χ4n) is 13.0. The van der Waals surface area contributed by atoms with Crippen molar-refractivity contribution in [2.75, 3.05) is 54.4 Å². The van der Waals surface area contributed by atoms with Crippen LogP contribution in [-0.4, -0.2) is 165 Å². The van der Waals surface area contributed by atoms with E-state index in [0.29, 0.717) is 71.7 Å². The first kappa shape index (κ1) is 93.0. The number of methoxy groups -OCH3 is 3. The highest BCUT2D eigenvalue weighted by Crippen LogP contribution is 2.47. The number of aliphatic hydroxyl groups is 5. The molecule has 3 aliphatic heterocycles. The molecule has 0 spiro atoms. The van der Waals surface area contributed by atoms with Gasteiger partial charge in [-0.1, -0.05) is 150 Å². The first-order valence-corrected chi connectivity index (χ1v) is 36.3. The third-order valence-corrected chi connectivity index (χ3v) is 19.2. The van der Waals surface area contributed by atoms with Crippen LogP contribution in [0.1, 0.15) is 160 Å². The van der Waals surface area contributed by atoms with Gasteiger partial charge in [-0.05, 0) is 159 Å². The van der Waals surface area contributed by atoms with Gasteiger partial charge in [0.15, 0.2) is 18.5 Å². The number of aliphatic hydroxyl groups excluding tert-OH is 5. The van der Waals surface area contributed by atoms with E-state index in [-0.39, 0.29) is 52.1 Å². The van der Waals surface area contributed by atoms with Gasteiger partial charge < -0.3 is 87.1 Å². The fourth-order valence-corrected chi connectivity index (χ4v) is 13.5.